The van der Waals surface area contributed by atoms with Crippen LogP contribution in [0.1, 0.15) is 58.1 Å². The molecule has 1 saturated heterocycles. The van der Waals surface area contributed by atoms with E-state index in [1.165, 1.54) is 0 Å². The van der Waals surface area contributed by atoms with Crippen LogP contribution in [0.5, 0.6) is 0 Å². The van der Waals surface area contributed by atoms with Crippen molar-refractivity contribution in [1.29, 1.82) is 0 Å². The number of fused-ring (bicyclic) bond motifs is 3. The summed E-state index contributed by atoms with van der Waals surface area (Å²) in [6.45, 7) is 13.7. The summed E-state index contributed by atoms with van der Waals surface area (Å²) in [5.41, 5.74) is 4.26. The Labute approximate surface area is 223 Å². The van der Waals surface area contributed by atoms with Crippen molar-refractivity contribution in [1.82, 2.24) is 5.32 Å². The molecule has 3 atom stereocenters. The number of rotatable bonds is 10. The first kappa shape index (κ1) is 27.8. The Bertz CT molecular complexity index is 1160. The van der Waals surface area contributed by atoms with Gasteiger partial charge in [0.25, 0.3) is 0 Å². The summed E-state index contributed by atoms with van der Waals surface area (Å²) in [5.74, 6) is -1.87. The molecule has 1 aliphatic carbocycles. The van der Waals surface area contributed by atoms with Gasteiger partial charge >= 0.3 is 12.1 Å². The normalized spacial score (nSPS) is 19.8. The first-order chi connectivity index (χ1) is 17.9. The topological polar surface area (TPSA) is 103 Å². The van der Waals surface area contributed by atoms with Crippen LogP contribution in [-0.2, 0) is 23.7 Å². The fourth-order valence-corrected chi connectivity index (χ4v) is 5.18. The predicted molar refractivity (Wildman–Crippen MR) is 143 cm³/mol. The van der Waals surface area contributed by atoms with E-state index in [9.17, 15) is 14.7 Å². The zero-order valence-electron chi connectivity index (χ0n) is 22.7. The second-order valence-corrected chi connectivity index (χ2v) is 10.9. The quantitative estimate of drug-likeness (QED) is 0.410. The third-order valence-electron chi connectivity index (χ3n) is 7.26. The van der Waals surface area contributed by atoms with Crippen LogP contribution >= 0.6 is 0 Å². The smallest absolute Gasteiger partial charge is 0.407 e. The van der Waals surface area contributed by atoms with E-state index < -0.39 is 35.6 Å². The number of hydrogen-bond acceptors (Lipinski definition) is 6. The van der Waals surface area contributed by atoms with Crippen LogP contribution < -0.4 is 5.32 Å². The zero-order valence-corrected chi connectivity index (χ0v) is 22.7. The molecule has 1 aliphatic heterocycles. The maximum absolute atomic E-state index is 12.9. The lowest BCUT2D eigenvalue weighted by molar-refractivity contribution is -0.143. The van der Waals surface area contributed by atoms with E-state index in [4.69, 9.17) is 18.9 Å². The number of amides is 1. The molecule has 1 fully saturated rings. The average Bonchev–Trinajstić information content (AvgIpc) is 3.38. The molecular formula is C30H37NO7. The van der Waals surface area contributed by atoms with Gasteiger partial charge < -0.3 is 29.4 Å². The Morgan fingerprint density at radius 1 is 1.13 bits per heavy atom. The molecule has 204 valence electrons. The number of aliphatic carboxylic acids is 1. The third kappa shape index (κ3) is 6.09. The average molecular weight is 524 g/mol. The van der Waals surface area contributed by atoms with Gasteiger partial charge in [-0.1, -0.05) is 55.1 Å². The maximum atomic E-state index is 12.9. The predicted octanol–water partition coefficient (Wildman–Crippen LogP) is 5.26. The number of benzene rings is 2. The molecule has 4 rings (SSSR count). The van der Waals surface area contributed by atoms with E-state index in [0.29, 0.717) is 12.2 Å². The SMILES string of the molecule is C=C([C@H]1COC(C)(C)O1)C(C)(C)O[C@@H](C)[C@@H](CC(=O)O)NC(=O)OCC1c2ccccc2-c2ccccc21. The Balaban J connectivity index is 1.39. The number of carboxylic acid groups (broad SMARTS) is 1. The fraction of sp³-hybridized carbons (Fsp3) is 0.467. The lowest BCUT2D eigenvalue weighted by Gasteiger charge is -2.36. The molecular weight excluding hydrogens is 486 g/mol. The van der Waals surface area contributed by atoms with Crippen molar-refractivity contribution < 1.29 is 33.6 Å². The van der Waals surface area contributed by atoms with E-state index in [1.807, 2.05) is 64.1 Å². The van der Waals surface area contributed by atoms with Crippen molar-refractivity contribution in [3.63, 3.8) is 0 Å². The van der Waals surface area contributed by atoms with Gasteiger partial charge in [0.2, 0.25) is 0 Å². The Morgan fingerprint density at radius 3 is 2.24 bits per heavy atom. The van der Waals surface area contributed by atoms with Gasteiger partial charge in [0, 0.05) is 5.92 Å². The third-order valence-corrected chi connectivity index (χ3v) is 7.26. The zero-order chi connectivity index (χ0) is 27.7. The molecule has 0 unspecified atom stereocenters. The summed E-state index contributed by atoms with van der Waals surface area (Å²) in [4.78, 5) is 24.5. The lowest BCUT2D eigenvalue weighted by Crippen LogP contribution is -2.48. The summed E-state index contributed by atoms with van der Waals surface area (Å²) in [5, 5.41) is 12.2. The molecule has 0 spiro atoms. The van der Waals surface area contributed by atoms with Crippen molar-refractivity contribution in [3.05, 3.63) is 71.8 Å². The highest BCUT2D eigenvalue weighted by Crippen LogP contribution is 2.44. The first-order valence-corrected chi connectivity index (χ1v) is 12.9. The maximum Gasteiger partial charge on any atom is 0.407 e. The lowest BCUT2D eigenvalue weighted by atomic mass is 9.94. The standard InChI is InChI=1S/C30H37NO7/c1-18(26-17-36-30(5,6)38-26)29(3,4)37-19(2)25(15-27(32)33)31-28(34)35-16-24-22-13-9-7-11-20(22)21-12-8-10-14-23(21)24/h7-14,19,24-26H,1,15-17H2,2-6H3,(H,31,34)(H,32,33)/t19-,25+,26+/m0/s1. The molecule has 0 saturated carbocycles. The second kappa shape index (κ2) is 10.9. The number of nitrogens with one attached hydrogen (secondary N) is 1. The molecule has 1 amide bonds. The molecule has 8 heteroatoms. The highest BCUT2D eigenvalue weighted by atomic mass is 16.7. The fourth-order valence-electron chi connectivity index (χ4n) is 5.18. The van der Waals surface area contributed by atoms with Crippen LogP contribution in [-0.4, -0.2) is 60.0 Å². The molecule has 2 aliphatic rings. The summed E-state index contributed by atoms with van der Waals surface area (Å²) in [6.07, 6.45) is -2.04. The van der Waals surface area contributed by atoms with Crippen molar-refractivity contribution in [2.24, 2.45) is 0 Å². The van der Waals surface area contributed by atoms with Crippen molar-refractivity contribution >= 4 is 12.1 Å². The van der Waals surface area contributed by atoms with Crippen molar-refractivity contribution in [2.45, 2.75) is 76.6 Å². The van der Waals surface area contributed by atoms with Crippen LogP contribution in [0.2, 0.25) is 0 Å². The number of alkyl carbamates (subject to hydrolysis) is 1. The number of carbonyl (C=O) groups is 2. The summed E-state index contributed by atoms with van der Waals surface area (Å²) in [7, 11) is 0. The van der Waals surface area contributed by atoms with Crippen LogP contribution in [0.15, 0.2) is 60.7 Å². The molecule has 0 radical (unpaired) electrons. The van der Waals surface area contributed by atoms with Crippen molar-refractivity contribution in [3.8, 4) is 11.1 Å². The van der Waals surface area contributed by atoms with E-state index in [2.05, 4.69) is 24.0 Å². The highest BCUT2D eigenvalue weighted by molar-refractivity contribution is 5.79. The van der Waals surface area contributed by atoms with Gasteiger partial charge in [-0.05, 0) is 62.4 Å². The van der Waals surface area contributed by atoms with E-state index >= 15 is 0 Å². The van der Waals surface area contributed by atoms with Crippen LogP contribution in [0.3, 0.4) is 0 Å². The largest absolute Gasteiger partial charge is 0.481 e. The Kier molecular flexibility index (Phi) is 7.97. The first-order valence-electron chi connectivity index (χ1n) is 12.9. The van der Waals surface area contributed by atoms with Gasteiger partial charge in [-0.15, -0.1) is 0 Å². The van der Waals surface area contributed by atoms with Gasteiger partial charge in [0.15, 0.2) is 5.79 Å². The van der Waals surface area contributed by atoms with Gasteiger partial charge in [0.05, 0.1) is 30.8 Å². The summed E-state index contributed by atoms with van der Waals surface area (Å²) in [6, 6.07) is 15.3. The van der Waals surface area contributed by atoms with Crippen LogP contribution in [0.4, 0.5) is 4.79 Å². The van der Waals surface area contributed by atoms with Gasteiger partial charge in [-0.3, -0.25) is 4.79 Å². The second-order valence-electron chi connectivity index (χ2n) is 10.9. The minimum absolute atomic E-state index is 0.0973. The molecule has 2 aromatic rings. The number of hydrogen-bond donors (Lipinski definition) is 2. The monoisotopic (exact) mass is 523 g/mol. The van der Waals surface area contributed by atoms with Crippen molar-refractivity contribution in [2.75, 3.05) is 13.2 Å². The van der Waals surface area contributed by atoms with Gasteiger partial charge in [-0.2, -0.15) is 0 Å². The van der Waals surface area contributed by atoms with Gasteiger partial charge in [-0.25, -0.2) is 4.79 Å². The minimum atomic E-state index is -1.06. The van der Waals surface area contributed by atoms with Crippen LogP contribution in [0, 0.1) is 0 Å². The van der Waals surface area contributed by atoms with E-state index in [-0.39, 0.29) is 25.0 Å². The molecule has 1 heterocycles. The highest BCUT2D eigenvalue weighted by Gasteiger charge is 2.41. The summed E-state index contributed by atoms with van der Waals surface area (Å²) < 4.78 is 23.4. The summed E-state index contributed by atoms with van der Waals surface area (Å²) >= 11 is 0. The number of ether oxygens (including phenoxy) is 4. The Hall–Kier alpha value is -3.20. The van der Waals surface area contributed by atoms with E-state index in [0.717, 1.165) is 22.3 Å². The molecule has 0 aromatic heterocycles. The molecule has 0 bridgehead atoms. The molecule has 2 N–H and O–H groups in total. The minimum Gasteiger partial charge on any atom is -0.481 e. The molecule has 8 nitrogen and oxygen atoms in total. The molecule has 38 heavy (non-hydrogen) atoms. The number of carbonyl (C=O) groups excluding carboxylic acids is 1. The van der Waals surface area contributed by atoms with Crippen LogP contribution in [0.25, 0.3) is 11.1 Å². The Morgan fingerprint density at radius 2 is 1.71 bits per heavy atom. The number of carboxylic acids is 1. The van der Waals surface area contributed by atoms with Gasteiger partial charge in [0.1, 0.15) is 12.7 Å². The van der Waals surface area contributed by atoms with E-state index in [1.54, 1.807) is 6.92 Å². The molecule has 2 aromatic carbocycles.